The zero-order valence-electron chi connectivity index (χ0n) is 9.59. The number of hydrogen-bond acceptors (Lipinski definition) is 1. The lowest BCUT2D eigenvalue weighted by atomic mass is 9.69. The van der Waals surface area contributed by atoms with Crippen LogP contribution in [0.2, 0.25) is 0 Å². The summed E-state index contributed by atoms with van der Waals surface area (Å²) in [6.45, 7) is 14.3. The van der Waals surface area contributed by atoms with E-state index in [2.05, 4.69) is 33.9 Å². The molecule has 1 heteroatoms. The molecule has 1 nitrogen and oxygen atoms in total. The second kappa shape index (κ2) is 4.31. The van der Waals surface area contributed by atoms with Crippen LogP contribution in [0.4, 0.5) is 0 Å². The average Bonchev–Trinajstić information content (AvgIpc) is 2.08. The van der Waals surface area contributed by atoms with Gasteiger partial charge in [0.1, 0.15) is 0 Å². The van der Waals surface area contributed by atoms with Crippen LogP contribution in [0.1, 0.15) is 33.6 Å². The van der Waals surface area contributed by atoms with E-state index in [1.54, 1.807) is 0 Å². The molecule has 0 aromatic carbocycles. The van der Waals surface area contributed by atoms with Crippen LogP contribution in [0.3, 0.4) is 0 Å². The molecule has 0 saturated heterocycles. The van der Waals surface area contributed by atoms with Crippen LogP contribution in [0.5, 0.6) is 0 Å². The molecule has 0 aliphatic heterocycles. The molecule has 1 aliphatic rings. The molecule has 1 rings (SSSR count). The Kier molecular flexibility index (Phi) is 3.54. The molecular weight excluding hydrogens is 172 g/mol. The third kappa shape index (κ3) is 2.27. The van der Waals surface area contributed by atoms with Crippen molar-refractivity contribution in [3.8, 4) is 0 Å². The van der Waals surface area contributed by atoms with Crippen molar-refractivity contribution in [3.63, 3.8) is 0 Å². The highest BCUT2D eigenvalue weighted by Crippen LogP contribution is 2.39. The number of aliphatic hydroxyl groups excluding tert-OH is 1. The van der Waals surface area contributed by atoms with Crippen LogP contribution in [0.25, 0.3) is 0 Å². The molecule has 1 aliphatic carbocycles. The third-order valence-corrected chi connectivity index (χ3v) is 3.64. The Morgan fingerprint density at radius 1 is 1.14 bits per heavy atom. The van der Waals surface area contributed by atoms with E-state index in [-0.39, 0.29) is 6.10 Å². The molecule has 0 spiro atoms. The van der Waals surface area contributed by atoms with Crippen molar-refractivity contribution in [1.29, 1.82) is 0 Å². The predicted molar refractivity (Wildman–Crippen MR) is 61.0 cm³/mol. The van der Waals surface area contributed by atoms with Crippen LogP contribution >= 0.6 is 0 Å². The second-order valence-corrected chi connectivity index (χ2v) is 4.89. The van der Waals surface area contributed by atoms with Gasteiger partial charge in [-0.2, -0.15) is 0 Å². The van der Waals surface area contributed by atoms with Crippen molar-refractivity contribution in [2.45, 2.75) is 39.7 Å². The molecule has 1 unspecified atom stereocenters. The first kappa shape index (κ1) is 11.5. The highest BCUT2D eigenvalue weighted by atomic mass is 16.3. The van der Waals surface area contributed by atoms with Gasteiger partial charge < -0.3 is 5.11 Å². The fraction of sp³-hybridized carbons (Fsp3) is 0.692. The summed E-state index contributed by atoms with van der Waals surface area (Å²) in [7, 11) is 0. The minimum atomic E-state index is -0.188. The fourth-order valence-corrected chi connectivity index (χ4v) is 2.44. The van der Waals surface area contributed by atoms with Gasteiger partial charge in [-0.15, -0.1) is 0 Å². The van der Waals surface area contributed by atoms with Crippen molar-refractivity contribution in [1.82, 2.24) is 0 Å². The molecule has 0 amide bonds. The zero-order chi connectivity index (χ0) is 10.9. The number of aliphatic hydroxyl groups is 1. The van der Waals surface area contributed by atoms with E-state index in [9.17, 15) is 5.11 Å². The van der Waals surface area contributed by atoms with E-state index < -0.39 is 0 Å². The largest absolute Gasteiger partial charge is 0.393 e. The Bertz CT molecular complexity index is 242. The van der Waals surface area contributed by atoms with E-state index in [0.717, 1.165) is 12.8 Å². The lowest BCUT2D eigenvalue weighted by molar-refractivity contribution is 0.0351. The van der Waals surface area contributed by atoms with Gasteiger partial charge in [0.25, 0.3) is 0 Å². The van der Waals surface area contributed by atoms with Crippen LogP contribution in [-0.2, 0) is 0 Å². The first-order valence-electron chi connectivity index (χ1n) is 5.42. The lowest BCUT2D eigenvalue weighted by Gasteiger charge is -2.38. The highest BCUT2D eigenvalue weighted by molar-refractivity contribution is 5.08. The predicted octanol–water partition coefficient (Wildman–Crippen LogP) is 3.16. The van der Waals surface area contributed by atoms with E-state index in [1.807, 2.05) is 0 Å². The molecule has 0 radical (unpaired) electrons. The van der Waals surface area contributed by atoms with E-state index in [0.29, 0.717) is 17.8 Å². The van der Waals surface area contributed by atoms with Crippen molar-refractivity contribution in [3.05, 3.63) is 24.3 Å². The van der Waals surface area contributed by atoms with Gasteiger partial charge in [0.05, 0.1) is 6.10 Å². The molecule has 1 fully saturated rings. The Morgan fingerprint density at radius 2 is 1.71 bits per heavy atom. The molecule has 0 aromatic rings. The SMILES string of the molecule is C=C(C)[C@H]1CC(O)[C@H](C)[C@@H](C(=C)C)C1. The van der Waals surface area contributed by atoms with Gasteiger partial charge >= 0.3 is 0 Å². The zero-order valence-corrected chi connectivity index (χ0v) is 9.59. The Morgan fingerprint density at radius 3 is 2.14 bits per heavy atom. The van der Waals surface area contributed by atoms with Crippen molar-refractivity contribution in [2.75, 3.05) is 0 Å². The normalized spacial score (nSPS) is 38.0. The molecule has 0 bridgehead atoms. The number of hydrogen-bond donors (Lipinski definition) is 1. The Labute approximate surface area is 87.5 Å². The molecule has 0 heterocycles. The summed E-state index contributed by atoms with van der Waals surface area (Å²) in [4.78, 5) is 0. The second-order valence-electron chi connectivity index (χ2n) is 4.89. The van der Waals surface area contributed by atoms with E-state index in [1.165, 1.54) is 11.1 Å². The highest BCUT2D eigenvalue weighted by Gasteiger charge is 2.34. The molecule has 0 aromatic heterocycles. The standard InChI is InChI=1S/C13H22O/c1-8(2)11-6-12(9(3)4)10(5)13(14)7-11/h10-14H,1,3,6-7H2,2,4-5H3/t10-,11-,12-,13?/m1/s1. The van der Waals surface area contributed by atoms with Crippen LogP contribution in [-0.4, -0.2) is 11.2 Å². The van der Waals surface area contributed by atoms with Crippen LogP contribution < -0.4 is 0 Å². The minimum Gasteiger partial charge on any atom is -0.393 e. The van der Waals surface area contributed by atoms with Gasteiger partial charge in [0.2, 0.25) is 0 Å². The van der Waals surface area contributed by atoms with Gasteiger partial charge in [-0.05, 0) is 44.4 Å². The quantitative estimate of drug-likeness (QED) is 0.669. The number of allylic oxidation sites excluding steroid dienone is 2. The average molecular weight is 194 g/mol. The van der Waals surface area contributed by atoms with E-state index >= 15 is 0 Å². The molecular formula is C13H22O. The first-order valence-corrected chi connectivity index (χ1v) is 5.42. The number of rotatable bonds is 2. The maximum absolute atomic E-state index is 9.93. The molecule has 4 atom stereocenters. The van der Waals surface area contributed by atoms with Crippen molar-refractivity contribution >= 4 is 0 Å². The van der Waals surface area contributed by atoms with Gasteiger partial charge in [-0.25, -0.2) is 0 Å². The Hall–Kier alpha value is -0.560. The van der Waals surface area contributed by atoms with E-state index in [4.69, 9.17) is 0 Å². The van der Waals surface area contributed by atoms with Gasteiger partial charge in [0, 0.05) is 0 Å². The summed E-state index contributed by atoms with van der Waals surface area (Å²) in [5.74, 6) is 1.28. The van der Waals surface area contributed by atoms with Gasteiger partial charge in [-0.3, -0.25) is 0 Å². The maximum Gasteiger partial charge on any atom is 0.0577 e. The summed E-state index contributed by atoms with van der Waals surface area (Å²) < 4.78 is 0. The Balaban J connectivity index is 2.76. The monoisotopic (exact) mass is 194 g/mol. The summed E-state index contributed by atoms with van der Waals surface area (Å²) in [5, 5.41) is 9.93. The van der Waals surface area contributed by atoms with Gasteiger partial charge in [-0.1, -0.05) is 31.2 Å². The van der Waals surface area contributed by atoms with Crippen LogP contribution in [0.15, 0.2) is 24.3 Å². The minimum absolute atomic E-state index is 0.188. The van der Waals surface area contributed by atoms with Crippen molar-refractivity contribution in [2.24, 2.45) is 17.8 Å². The molecule has 1 N–H and O–H groups in total. The smallest absolute Gasteiger partial charge is 0.0577 e. The fourth-order valence-electron chi connectivity index (χ4n) is 2.44. The summed E-state index contributed by atoms with van der Waals surface area (Å²) in [6.07, 6.45) is 1.80. The maximum atomic E-state index is 9.93. The summed E-state index contributed by atoms with van der Waals surface area (Å²) in [5.41, 5.74) is 2.39. The van der Waals surface area contributed by atoms with Crippen LogP contribution in [0, 0.1) is 17.8 Å². The lowest BCUT2D eigenvalue weighted by Crippen LogP contribution is -2.35. The molecule has 80 valence electrons. The first-order chi connectivity index (χ1) is 6.43. The summed E-state index contributed by atoms with van der Waals surface area (Å²) >= 11 is 0. The van der Waals surface area contributed by atoms with Crippen molar-refractivity contribution < 1.29 is 5.11 Å². The molecule has 14 heavy (non-hydrogen) atoms. The summed E-state index contributed by atoms with van der Waals surface area (Å²) in [6, 6.07) is 0. The topological polar surface area (TPSA) is 20.2 Å². The molecule has 1 saturated carbocycles. The third-order valence-electron chi connectivity index (χ3n) is 3.64. The van der Waals surface area contributed by atoms with Gasteiger partial charge in [0.15, 0.2) is 0 Å².